The maximum absolute atomic E-state index is 12.4. The molecule has 0 unspecified atom stereocenters. The van der Waals surface area contributed by atoms with Crippen molar-refractivity contribution in [2.24, 2.45) is 0 Å². The number of hydrogen-bond donors (Lipinski definition) is 2. The van der Waals surface area contributed by atoms with Crippen molar-refractivity contribution in [2.45, 2.75) is 6.61 Å². The van der Waals surface area contributed by atoms with E-state index in [1.165, 1.54) is 6.33 Å². The predicted octanol–water partition coefficient (Wildman–Crippen LogP) is 3.21. The quantitative estimate of drug-likeness (QED) is 0.450. The zero-order chi connectivity index (χ0) is 22.2. The third kappa shape index (κ3) is 5.57. The highest BCUT2D eigenvalue weighted by molar-refractivity contribution is 5.99. The standard InChI is InChI=1S/C24H21N5O3/c30-23(28-20-9-11-21(12-10-20)29-17-25-16-27-29)14-26-24(31)19-7-4-8-22(13-19)32-15-18-5-2-1-3-6-18/h1-13,16-17H,14-15H2,(H,26,31)(H,28,30). The van der Waals surface area contributed by atoms with E-state index in [4.69, 9.17) is 4.74 Å². The normalized spacial score (nSPS) is 10.4. The van der Waals surface area contributed by atoms with E-state index in [1.807, 2.05) is 42.5 Å². The molecule has 160 valence electrons. The first-order valence-corrected chi connectivity index (χ1v) is 9.97. The number of amides is 2. The molecule has 0 aliphatic heterocycles. The molecule has 0 aliphatic rings. The average Bonchev–Trinajstić information content (AvgIpc) is 3.38. The third-order valence-electron chi connectivity index (χ3n) is 4.59. The van der Waals surface area contributed by atoms with Crippen LogP contribution < -0.4 is 15.4 Å². The van der Waals surface area contributed by atoms with Crippen molar-refractivity contribution in [3.05, 3.63) is 103 Å². The number of hydrogen-bond acceptors (Lipinski definition) is 5. The molecule has 4 aromatic rings. The first kappa shape index (κ1) is 20.8. The second-order valence-electron chi connectivity index (χ2n) is 6.92. The molecule has 32 heavy (non-hydrogen) atoms. The molecular formula is C24H21N5O3. The van der Waals surface area contributed by atoms with E-state index in [0.717, 1.165) is 11.3 Å². The van der Waals surface area contributed by atoms with Crippen LogP contribution in [0.4, 0.5) is 5.69 Å². The van der Waals surface area contributed by atoms with Crippen molar-refractivity contribution in [2.75, 3.05) is 11.9 Å². The van der Waals surface area contributed by atoms with Crippen molar-refractivity contribution in [3.8, 4) is 11.4 Å². The van der Waals surface area contributed by atoms with Crippen LogP contribution in [0.3, 0.4) is 0 Å². The summed E-state index contributed by atoms with van der Waals surface area (Å²) in [5.41, 5.74) is 2.89. The second kappa shape index (κ2) is 10.0. The summed E-state index contributed by atoms with van der Waals surface area (Å²) in [6, 6.07) is 23.7. The fourth-order valence-electron chi connectivity index (χ4n) is 2.97. The summed E-state index contributed by atoms with van der Waals surface area (Å²) in [4.78, 5) is 28.6. The van der Waals surface area contributed by atoms with Gasteiger partial charge in [0, 0.05) is 11.3 Å². The van der Waals surface area contributed by atoms with Crippen LogP contribution in [0.15, 0.2) is 91.5 Å². The summed E-state index contributed by atoms with van der Waals surface area (Å²) >= 11 is 0. The van der Waals surface area contributed by atoms with Crippen LogP contribution in [0.5, 0.6) is 5.75 Å². The molecule has 0 fully saturated rings. The van der Waals surface area contributed by atoms with Crippen LogP contribution >= 0.6 is 0 Å². The maximum Gasteiger partial charge on any atom is 0.251 e. The van der Waals surface area contributed by atoms with Crippen LogP contribution in [0.25, 0.3) is 5.69 Å². The van der Waals surface area contributed by atoms with E-state index in [9.17, 15) is 9.59 Å². The molecule has 0 spiro atoms. The first-order chi connectivity index (χ1) is 15.7. The van der Waals surface area contributed by atoms with Gasteiger partial charge in [-0.05, 0) is 48.0 Å². The van der Waals surface area contributed by atoms with Gasteiger partial charge < -0.3 is 15.4 Å². The highest BCUT2D eigenvalue weighted by Gasteiger charge is 2.10. The topological polar surface area (TPSA) is 98.1 Å². The summed E-state index contributed by atoms with van der Waals surface area (Å²) < 4.78 is 7.37. The molecule has 8 heteroatoms. The highest BCUT2D eigenvalue weighted by Crippen LogP contribution is 2.15. The lowest BCUT2D eigenvalue weighted by Gasteiger charge is -2.10. The van der Waals surface area contributed by atoms with Crippen LogP contribution in [0.1, 0.15) is 15.9 Å². The van der Waals surface area contributed by atoms with E-state index < -0.39 is 0 Å². The number of nitrogens with one attached hydrogen (secondary N) is 2. The van der Waals surface area contributed by atoms with Gasteiger partial charge in [0.05, 0.1) is 12.2 Å². The minimum Gasteiger partial charge on any atom is -0.489 e. The van der Waals surface area contributed by atoms with Gasteiger partial charge in [0.1, 0.15) is 25.0 Å². The number of ether oxygens (including phenoxy) is 1. The molecule has 0 bridgehead atoms. The van der Waals surface area contributed by atoms with Crippen LogP contribution in [0, 0.1) is 0 Å². The second-order valence-corrected chi connectivity index (χ2v) is 6.92. The lowest BCUT2D eigenvalue weighted by molar-refractivity contribution is -0.115. The van der Waals surface area contributed by atoms with Crippen molar-refractivity contribution < 1.29 is 14.3 Å². The van der Waals surface area contributed by atoms with E-state index in [-0.39, 0.29) is 18.4 Å². The van der Waals surface area contributed by atoms with Gasteiger partial charge in [0.25, 0.3) is 5.91 Å². The average molecular weight is 427 g/mol. The number of carbonyl (C=O) groups excluding carboxylic acids is 2. The Morgan fingerprint density at radius 2 is 1.75 bits per heavy atom. The summed E-state index contributed by atoms with van der Waals surface area (Å²) in [6.07, 6.45) is 3.04. The molecule has 0 saturated carbocycles. The monoisotopic (exact) mass is 427 g/mol. The first-order valence-electron chi connectivity index (χ1n) is 9.97. The minimum absolute atomic E-state index is 0.154. The van der Waals surface area contributed by atoms with Gasteiger partial charge in [-0.2, -0.15) is 5.10 Å². The Balaban J connectivity index is 1.27. The number of nitrogens with zero attached hydrogens (tertiary/aromatic N) is 3. The molecular weight excluding hydrogens is 406 g/mol. The van der Waals surface area contributed by atoms with Gasteiger partial charge in [-0.1, -0.05) is 36.4 Å². The number of rotatable bonds is 8. The number of carbonyl (C=O) groups is 2. The Morgan fingerprint density at radius 3 is 2.50 bits per heavy atom. The Hall–Kier alpha value is -4.46. The van der Waals surface area contributed by atoms with E-state index >= 15 is 0 Å². The van der Waals surface area contributed by atoms with Gasteiger partial charge in [0.2, 0.25) is 5.91 Å². The maximum atomic E-state index is 12.4. The number of anilines is 1. The fourth-order valence-corrected chi connectivity index (χ4v) is 2.97. The van der Waals surface area contributed by atoms with Crippen molar-refractivity contribution >= 4 is 17.5 Å². The molecule has 8 nitrogen and oxygen atoms in total. The third-order valence-corrected chi connectivity index (χ3v) is 4.59. The minimum atomic E-state index is -0.355. The summed E-state index contributed by atoms with van der Waals surface area (Å²) in [6.45, 7) is 0.253. The molecule has 2 amide bonds. The van der Waals surface area contributed by atoms with Crippen molar-refractivity contribution in [1.29, 1.82) is 0 Å². The Labute approximate surface area is 184 Å². The fraction of sp³-hybridized carbons (Fsp3) is 0.0833. The smallest absolute Gasteiger partial charge is 0.251 e. The molecule has 4 rings (SSSR count). The van der Waals surface area contributed by atoms with Crippen molar-refractivity contribution in [1.82, 2.24) is 20.1 Å². The van der Waals surface area contributed by atoms with Crippen molar-refractivity contribution in [3.63, 3.8) is 0 Å². The Bertz CT molecular complexity index is 1180. The van der Waals surface area contributed by atoms with Gasteiger partial charge in [0.15, 0.2) is 0 Å². The summed E-state index contributed by atoms with van der Waals surface area (Å²) in [5.74, 6) is -0.103. The predicted molar refractivity (Wildman–Crippen MR) is 120 cm³/mol. The molecule has 0 atom stereocenters. The molecule has 1 aromatic heterocycles. The highest BCUT2D eigenvalue weighted by atomic mass is 16.5. The molecule has 1 heterocycles. The molecule has 0 saturated heterocycles. The van der Waals surface area contributed by atoms with Gasteiger partial charge in [-0.25, -0.2) is 9.67 Å². The van der Waals surface area contributed by atoms with Gasteiger partial charge in [-0.15, -0.1) is 0 Å². The Morgan fingerprint density at radius 1 is 0.938 bits per heavy atom. The molecule has 0 aliphatic carbocycles. The summed E-state index contributed by atoms with van der Waals surface area (Å²) in [5, 5.41) is 9.42. The molecule has 0 radical (unpaired) electrons. The Kier molecular flexibility index (Phi) is 6.52. The zero-order valence-corrected chi connectivity index (χ0v) is 17.1. The van der Waals surface area contributed by atoms with E-state index in [1.54, 1.807) is 47.4 Å². The SMILES string of the molecule is O=C(CNC(=O)c1cccc(OCc2ccccc2)c1)Nc1ccc(-n2cncn2)cc1. The largest absolute Gasteiger partial charge is 0.489 e. The van der Waals surface area contributed by atoms with Crippen LogP contribution in [0.2, 0.25) is 0 Å². The van der Waals surface area contributed by atoms with Crippen LogP contribution in [-0.2, 0) is 11.4 Å². The molecule has 2 N–H and O–H groups in total. The number of benzene rings is 3. The number of aromatic nitrogens is 3. The summed E-state index contributed by atoms with van der Waals surface area (Å²) in [7, 11) is 0. The van der Waals surface area contributed by atoms with Crippen LogP contribution in [-0.4, -0.2) is 33.1 Å². The van der Waals surface area contributed by atoms with Gasteiger partial charge >= 0.3 is 0 Å². The lowest BCUT2D eigenvalue weighted by atomic mass is 10.2. The zero-order valence-electron chi connectivity index (χ0n) is 17.1. The molecule has 3 aromatic carbocycles. The lowest BCUT2D eigenvalue weighted by Crippen LogP contribution is -2.32. The van der Waals surface area contributed by atoms with E-state index in [2.05, 4.69) is 20.7 Å². The van der Waals surface area contributed by atoms with E-state index in [0.29, 0.717) is 23.6 Å². The van der Waals surface area contributed by atoms with Gasteiger partial charge in [-0.3, -0.25) is 9.59 Å².